The van der Waals surface area contributed by atoms with Crippen LogP contribution in [0.5, 0.6) is 0 Å². The number of hydrogen-bond acceptors (Lipinski definition) is 2. The molecule has 0 bridgehead atoms. The van der Waals surface area contributed by atoms with Crippen molar-refractivity contribution in [2.24, 2.45) is 5.41 Å². The number of ether oxygens (including phenoxy) is 1. The van der Waals surface area contributed by atoms with E-state index in [0.717, 1.165) is 6.08 Å². The molecule has 1 aliphatic carbocycles. The number of allylic oxidation sites excluding steroid dienone is 1. The lowest BCUT2D eigenvalue weighted by Gasteiger charge is -2.23. The smallest absolute Gasteiger partial charge is 0.398 e. The van der Waals surface area contributed by atoms with Gasteiger partial charge in [-0.2, -0.15) is 13.2 Å². The average molecular weight is 284 g/mol. The quantitative estimate of drug-likeness (QED) is 0.617. The maximum atomic E-state index is 13.3. The molecule has 1 saturated carbocycles. The molecule has 1 aliphatic rings. The first kappa shape index (κ1) is 14.6. The summed E-state index contributed by atoms with van der Waals surface area (Å²) in [5.74, 6) is -0.734. The first-order valence-corrected chi connectivity index (χ1v) is 6.42. The number of carbonyl (C=O) groups excluding carboxylic acids is 1. The van der Waals surface area contributed by atoms with Gasteiger partial charge in [0.2, 0.25) is 0 Å². The zero-order chi connectivity index (χ0) is 14.8. The molecular weight excluding hydrogens is 269 g/mol. The fraction of sp³-hybridized carbons (Fsp3) is 0.400. The van der Waals surface area contributed by atoms with Crippen LogP contribution in [0.25, 0.3) is 5.57 Å². The Morgan fingerprint density at radius 2 is 1.90 bits per heavy atom. The summed E-state index contributed by atoms with van der Waals surface area (Å²) in [6.07, 6.45) is -3.35. The van der Waals surface area contributed by atoms with E-state index in [4.69, 9.17) is 4.74 Å². The second kappa shape index (κ2) is 5.31. The molecule has 0 unspecified atom stereocenters. The number of benzene rings is 1. The minimum absolute atomic E-state index is 0.00375. The fourth-order valence-corrected chi connectivity index (χ4v) is 2.25. The number of carbonyl (C=O) groups is 1. The van der Waals surface area contributed by atoms with Gasteiger partial charge in [0.15, 0.2) is 0 Å². The van der Waals surface area contributed by atoms with Crippen molar-refractivity contribution in [3.05, 3.63) is 42.0 Å². The Bertz CT molecular complexity index is 514. The minimum atomic E-state index is -4.36. The Morgan fingerprint density at radius 1 is 1.30 bits per heavy atom. The molecule has 0 atom stereocenters. The normalized spacial score (nSPS) is 17.7. The van der Waals surface area contributed by atoms with Gasteiger partial charge in [-0.15, -0.1) is 0 Å². The van der Waals surface area contributed by atoms with E-state index in [-0.39, 0.29) is 25.0 Å². The van der Waals surface area contributed by atoms with Crippen molar-refractivity contribution < 1.29 is 22.7 Å². The first-order chi connectivity index (χ1) is 9.40. The number of esters is 1. The lowest BCUT2D eigenvalue weighted by atomic mass is 9.88. The van der Waals surface area contributed by atoms with Crippen molar-refractivity contribution in [3.63, 3.8) is 0 Å². The standard InChI is InChI=1S/C15H15F3O2/c1-2-20-13(19)10-12(11-6-4-3-5-7-11)14(8-9-14)15(16,17)18/h3-7,10H,2,8-9H2,1H3/b12-10+. The van der Waals surface area contributed by atoms with Crippen LogP contribution in [0.4, 0.5) is 13.2 Å². The number of hydrogen-bond donors (Lipinski definition) is 0. The van der Waals surface area contributed by atoms with Crippen molar-refractivity contribution >= 4 is 11.5 Å². The molecule has 0 heterocycles. The van der Waals surface area contributed by atoms with Gasteiger partial charge in [0.05, 0.1) is 12.0 Å². The highest BCUT2D eigenvalue weighted by molar-refractivity contribution is 5.93. The molecule has 0 aliphatic heterocycles. The van der Waals surface area contributed by atoms with Crippen LogP contribution < -0.4 is 0 Å². The van der Waals surface area contributed by atoms with E-state index >= 15 is 0 Å². The molecule has 0 saturated heterocycles. The molecule has 2 rings (SSSR count). The van der Waals surface area contributed by atoms with Crippen LogP contribution in [-0.4, -0.2) is 18.8 Å². The summed E-state index contributed by atoms with van der Waals surface area (Å²) in [5.41, 5.74) is -1.49. The van der Waals surface area contributed by atoms with Gasteiger partial charge in [0, 0.05) is 6.08 Å². The van der Waals surface area contributed by atoms with Crippen molar-refractivity contribution in [1.29, 1.82) is 0 Å². The maximum Gasteiger partial charge on any atom is 0.398 e. The summed E-state index contributed by atoms with van der Waals surface area (Å²) in [4.78, 5) is 11.6. The van der Waals surface area contributed by atoms with Crippen molar-refractivity contribution in [3.8, 4) is 0 Å². The molecule has 2 nitrogen and oxygen atoms in total. The third-order valence-electron chi connectivity index (χ3n) is 3.44. The van der Waals surface area contributed by atoms with Gasteiger partial charge < -0.3 is 4.74 Å². The Kier molecular flexibility index (Phi) is 3.88. The van der Waals surface area contributed by atoms with Gasteiger partial charge in [-0.05, 0) is 30.9 Å². The van der Waals surface area contributed by atoms with Gasteiger partial charge in [-0.3, -0.25) is 0 Å². The fourth-order valence-electron chi connectivity index (χ4n) is 2.25. The first-order valence-electron chi connectivity index (χ1n) is 6.42. The Labute approximate surface area is 115 Å². The van der Waals surface area contributed by atoms with Crippen LogP contribution in [0.1, 0.15) is 25.3 Å². The minimum Gasteiger partial charge on any atom is -0.463 e. The van der Waals surface area contributed by atoms with E-state index in [1.807, 2.05) is 0 Å². The summed E-state index contributed by atoms with van der Waals surface area (Å²) in [6, 6.07) is 8.19. The summed E-state index contributed by atoms with van der Waals surface area (Å²) >= 11 is 0. The molecule has 5 heteroatoms. The van der Waals surface area contributed by atoms with Gasteiger partial charge in [-0.25, -0.2) is 4.79 Å². The molecule has 1 aromatic carbocycles. The van der Waals surface area contributed by atoms with Crippen LogP contribution in [0.15, 0.2) is 36.4 Å². The predicted molar refractivity (Wildman–Crippen MR) is 68.8 cm³/mol. The Morgan fingerprint density at radius 3 is 2.35 bits per heavy atom. The van der Waals surface area contributed by atoms with Crippen LogP contribution in [0.3, 0.4) is 0 Å². The predicted octanol–water partition coefficient (Wildman–Crippen LogP) is 3.98. The van der Waals surface area contributed by atoms with Crippen LogP contribution in [0.2, 0.25) is 0 Å². The van der Waals surface area contributed by atoms with E-state index < -0.39 is 17.6 Å². The summed E-state index contributed by atoms with van der Waals surface area (Å²) in [5, 5.41) is 0. The zero-order valence-corrected chi connectivity index (χ0v) is 11.0. The molecule has 1 fully saturated rings. The van der Waals surface area contributed by atoms with Gasteiger partial charge in [0.25, 0.3) is 0 Å². The molecule has 0 spiro atoms. The molecule has 0 amide bonds. The van der Waals surface area contributed by atoms with Crippen molar-refractivity contribution in [2.75, 3.05) is 6.61 Å². The summed E-state index contributed by atoms with van der Waals surface area (Å²) in [7, 11) is 0. The third-order valence-corrected chi connectivity index (χ3v) is 3.44. The largest absolute Gasteiger partial charge is 0.463 e. The second-order valence-electron chi connectivity index (χ2n) is 4.76. The topological polar surface area (TPSA) is 26.3 Å². The number of halogens is 3. The maximum absolute atomic E-state index is 13.3. The van der Waals surface area contributed by atoms with Crippen LogP contribution in [0, 0.1) is 5.41 Å². The highest BCUT2D eigenvalue weighted by Gasteiger charge is 2.65. The summed E-state index contributed by atoms with van der Waals surface area (Å²) in [6.45, 7) is 1.75. The van der Waals surface area contributed by atoms with Crippen LogP contribution in [-0.2, 0) is 9.53 Å². The molecule has 0 N–H and O–H groups in total. The van der Waals surface area contributed by atoms with Gasteiger partial charge in [-0.1, -0.05) is 30.3 Å². The molecular formula is C15H15F3O2. The molecule has 1 aromatic rings. The average Bonchev–Trinajstić information content (AvgIpc) is 3.18. The Balaban J connectivity index is 2.44. The molecule has 0 aromatic heterocycles. The number of alkyl halides is 3. The Hall–Kier alpha value is -1.78. The van der Waals surface area contributed by atoms with Gasteiger partial charge >= 0.3 is 12.1 Å². The van der Waals surface area contributed by atoms with E-state index in [2.05, 4.69) is 0 Å². The molecule has 0 radical (unpaired) electrons. The number of rotatable bonds is 4. The van der Waals surface area contributed by atoms with E-state index in [9.17, 15) is 18.0 Å². The highest BCUT2D eigenvalue weighted by Crippen LogP contribution is 2.64. The SMILES string of the molecule is CCOC(=O)/C=C(\c1ccccc1)C1(C(F)(F)F)CC1. The van der Waals surface area contributed by atoms with Gasteiger partial charge in [0.1, 0.15) is 0 Å². The van der Waals surface area contributed by atoms with E-state index in [1.54, 1.807) is 37.3 Å². The summed E-state index contributed by atoms with van der Waals surface area (Å²) < 4.78 is 44.6. The lowest BCUT2D eigenvalue weighted by Crippen LogP contribution is -2.26. The highest BCUT2D eigenvalue weighted by atomic mass is 19.4. The van der Waals surface area contributed by atoms with E-state index in [1.165, 1.54) is 0 Å². The molecule has 20 heavy (non-hydrogen) atoms. The monoisotopic (exact) mass is 284 g/mol. The van der Waals surface area contributed by atoms with Crippen molar-refractivity contribution in [1.82, 2.24) is 0 Å². The molecule has 108 valence electrons. The van der Waals surface area contributed by atoms with Crippen LogP contribution >= 0.6 is 0 Å². The lowest BCUT2D eigenvalue weighted by molar-refractivity contribution is -0.168. The zero-order valence-electron chi connectivity index (χ0n) is 11.0. The third kappa shape index (κ3) is 2.71. The van der Waals surface area contributed by atoms with E-state index in [0.29, 0.717) is 5.56 Å². The van der Waals surface area contributed by atoms with Crippen molar-refractivity contribution in [2.45, 2.75) is 25.9 Å². The second-order valence-corrected chi connectivity index (χ2v) is 4.76.